The summed E-state index contributed by atoms with van der Waals surface area (Å²) in [6, 6.07) is 14.0. The number of methoxy groups -OCH3 is 1. The predicted molar refractivity (Wildman–Crippen MR) is 73.3 cm³/mol. The van der Waals surface area contributed by atoms with Crippen LogP contribution in [-0.2, 0) is 0 Å². The molecular formula is C14H13ClOS. The van der Waals surface area contributed by atoms with Gasteiger partial charge in [-0.1, -0.05) is 23.4 Å². The van der Waals surface area contributed by atoms with Crippen LogP contribution < -0.4 is 4.74 Å². The molecule has 0 heterocycles. The van der Waals surface area contributed by atoms with Crippen molar-refractivity contribution in [1.82, 2.24) is 0 Å². The highest BCUT2D eigenvalue weighted by Crippen LogP contribution is 2.31. The number of hydrogen-bond donors (Lipinski definition) is 0. The van der Waals surface area contributed by atoms with Gasteiger partial charge in [0.2, 0.25) is 0 Å². The van der Waals surface area contributed by atoms with E-state index in [0.29, 0.717) is 0 Å². The molecule has 0 unspecified atom stereocenters. The van der Waals surface area contributed by atoms with Gasteiger partial charge in [0, 0.05) is 14.8 Å². The molecule has 0 fully saturated rings. The predicted octanol–water partition coefficient (Wildman–Crippen LogP) is 4.81. The Morgan fingerprint density at radius 2 is 1.65 bits per heavy atom. The van der Waals surface area contributed by atoms with E-state index >= 15 is 0 Å². The summed E-state index contributed by atoms with van der Waals surface area (Å²) in [5.74, 6) is 0.922. The molecule has 0 N–H and O–H groups in total. The molecule has 0 saturated carbocycles. The van der Waals surface area contributed by atoms with Crippen molar-refractivity contribution in [3.63, 3.8) is 0 Å². The molecule has 2 aromatic carbocycles. The molecule has 0 aliphatic carbocycles. The van der Waals surface area contributed by atoms with E-state index in [1.54, 1.807) is 18.9 Å². The van der Waals surface area contributed by atoms with E-state index < -0.39 is 0 Å². The molecule has 0 aliphatic heterocycles. The summed E-state index contributed by atoms with van der Waals surface area (Å²) in [5, 5.41) is 0.764. The van der Waals surface area contributed by atoms with Crippen molar-refractivity contribution in [2.45, 2.75) is 16.7 Å². The Morgan fingerprint density at radius 3 is 2.24 bits per heavy atom. The third kappa shape index (κ3) is 3.18. The number of hydrogen-bond acceptors (Lipinski definition) is 2. The van der Waals surface area contributed by atoms with E-state index in [1.807, 2.05) is 37.3 Å². The third-order valence-electron chi connectivity index (χ3n) is 2.42. The van der Waals surface area contributed by atoms with E-state index in [1.165, 1.54) is 9.79 Å². The van der Waals surface area contributed by atoms with Crippen molar-refractivity contribution in [1.29, 1.82) is 0 Å². The molecule has 0 radical (unpaired) electrons. The van der Waals surface area contributed by atoms with E-state index in [-0.39, 0.29) is 0 Å². The van der Waals surface area contributed by atoms with E-state index in [2.05, 4.69) is 12.1 Å². The number of ether oxygens (including phenoxy) is 1. The first kappa shape index (κ1) is 12.3. The van der Waals surface area contributed by atoms with Crippen molar-refractivity contribution >= 4 is 23.4 Å². The molecular weight excluding hydrogens is 252 g/mol. The van der Waals surface area contributed by atoms with Gasteiger partial charge in [-0.15, -0.1) is 0 Å². The summed E-state index contributed by atoms with van der Waals surface area (Å²) < 4.78 is 5.24. The quantitative estimate of drug-likeness (QED) is 0.787. The minimum atomic E-state index is 0.764. The van der Waals surface area contributed by atoms with Gasteiger partial charge in [0.05, 0.1) is 7.11 Å². The van der Waals surface area contributed by atoms with E-state index in [9.17, 15) is 0 Å². The smallest absolute Gasteiger partial charge is 0.121 e. The van der Waals surface area contributed by atoms with Gasteiger partial charge in [0.25, 0.3) is 0 Å². The van der Waals surface area contributed by atoms with Crippen molar-refractivity contribution in [2.75, 3.05) is 7.11 Å². The molecule has 88 valence electrons. The average molecular weight is 265 g/mol. The van der Waals surface area contributed by atoms with Crippen LogP contribution in [0.2, 0.25) is 5.02 Å². The van der Waals surface area contributed by atoms with Crippen LogP contribution in [0.4, 0.5) is 0 Å². The number of benzene rings is 2. The highest BCUT2D eigenvalue weighted by molar-refractivity contribution is 7.99. The molecule has 3 heteroatoms. The minimum Gasteiger partial charge on any atom is -0.496 e. The first-order valence-corrected chi connectivity index (χ1v) is 6.46. The van der Waals surface area contributed by atoms with Gasteiger partial charge in [0.1, 0.15) is 5.75 Å². The molecule has 0 atom stereocenters. The normalized spacial score (nSPS) is 10.3. The van der Waals surface area contributed by atoms with Gasteiger partial charge in [-0.2, -0.15) is 0 Å². The second kappa shape index (κ2) is 5.48. The molecule has 0 aromatic heterocycles. The number of aryl methyl sites for hydroxylation is 1. The van der Waals surface area contributed by atoms with Crippen LogP contribution >= 0.6 is 23.4 Å². The Kier molecular flexibility index (Phi) is 3.97. The van der Waals surface area contributed by atoms with Crippen LogP contribution in [0.1, 0.15) is 5.56 Å². The van der Waals surface area contributed by atoms with Gasteiger partial charge in [-0.05, 0) is 55.0 Å². The Hall–Kier alpha value is -1.12. The minimum absolute atomic E-state index is 0.764. The summed E-state index contributed by atoms with van der Waals surface area (Å²) >= 11 is 7.57. The summed E-state index contributed by atoms with van der Waals surface area (Å²) in [7, 11) is 1.69. The van der Waals surface area contributed by atoms with Gasteiger partial charge in [-0.3, -0.25) is 0 Å². The summed E-state index contributed by atoms with van der Waals surface area (Å²) in [6.07, 6.45) is 0. The van der Waals surface area contributed by atoms with Gasteiger partial charge in [-0.25, -0.2) is 0 Å². The topological polar surface area (TPSA) is 9.23 Å². The lowest BCUT2D eigenvalue weighted by Crippen LogP contribution is -1.86. The SMILES string of the molecule is COc1ccc(Sc2ccc(Cl)cc2)cc1C. The van der Waals surface area contributed by atoms with Crippen LogP contribution in [0.15, 0.2) is 52.3 Å². The number of halogens is 1. The van der Waals surface area contributed by atoms with Crippen molar-refractivity contribution in [2.24, 2.45) is 0 Å². The monoisotopic (exact) mass is 264 g/mol. The zero-order chi connectivity index (χ0) is 12.3. The Morgan fingerprint density at radius 1 is 1.00 bits per heavy atom. The first-order valence-electron chi connectivity index (χ1n) is 5.27. The molecule has 17 heavy (non-hydrogen) atoms. The van der Waals surface area contributed by atoms with Crippen LogP contribution in [0.25, 0.3) is 0 Å². The fourth-order valence-electron chi connectivity index (χ4n) is 1.55. The Balaban J connectivity index is 2.19. The van der Waals surface area contributed by atoms with Gasteiger partial charge >= 0.3 is 0 Å². The molecule has 2 rings (SSSR count). The summed E-state index contributed by atoms with van der Waals surface area (Å²) in [6.45, 7) is 2.05. The molecule has 0 aliphatic rings. The van der Waals surface area contributed by atoms with E-state index in [0.717, 1.165) is 16.3 Å². The lowest BCUT2D eigenvalue weighted by molar-refractivity contribution is 0.411. The zero-order valence-corrected chi connectivity index (χ0v) is 11.3. The molecule has 0 amide bonds. The second-order valence-corrected chi connectivity index (χ2v) is 5.27. The van der Waals surface area contributed by atoms with Crippen LogP contribution in [0, 0.1) is 6.92 Å². The maximum absolute atomic E-state index is 5.85. The second-order valence-electron chi connectivity index (χ2n) is 3.69. The maximum Gasteiger partial charge on any atom is 0.121 e. The first-order chi connectivity index (χ1) is 8.19. The molecule has 0 spiro atoms. The van der Waals surface area contributed by atoms with Crippen LogP contribution in [-0.4, -0.2) is 7.11 Å². The fraction of sp³-hybridized carbons (Fsp3) is 0.143. The average Bonchev–Trinajstić information content (AvgIpc) is 2.32. The van der Waals surface area contributed by atoms with Gasteiger partial charge in [0.15, 0.2) is 0 Å². The van der Waals surface area contributed by atoms with Crippen LogP contribution in [0.5, 0.6) is 5.75 Å². The highest BCUT2D eigenvalue weighted by atomic mass is 35.5. The highest BCUT2D eigenvalue weighted by Gasteiger charge is 2.01. The Bertz CT molecular complexity index is 508. The summed E-state index contributed by atoms with van der Waals surface area (Å²) in [5.41, 5.74) is 1.14. The van der Waals surface area contributed by atoms with Crippen LogP contribution in [0.3, 0.4) is 0 Å². The zero-order valence-electron chi connectivity index (χ0n) is 9.74. The number of rotatable bonds is 3. The summed E-state index contributed by atoms with van der Waals surface area (Å²) in [4.78, 5) is 2.38. The molecule has 0 saturated heterocycles. The third-order valence-corrected chi connectivity index (χ3v) is 3.67. The largest absolute Gasteiger partial charge is 0.496 e. The lowest BCUT2D eigenvalue weighted by atomic mass is 10.2. The van der Waals surface area contributed by atoms with Crippen molar-refractivity contribution in [3.05, 3.63) is 53.1 Å². The molecule has 1 nitrogen and oxygen atoms in total. The standard InChI is InChI=1S/C14H13ClOS/c1-10-9-13(7-8-14(10)16-2)17-12-5-3-11(15)4-6-12/h3-9H,1-2H3. The molecule has 2 aromatic rings. The fourth-order valence-corrected chi connectivity index (χ4v) is 2.60. The lowest BCUT2D eigenvalue weighted by Gasteiger charge is -2.07. The molecule has 0 bridgehead atoms. The van der Waals surface area contributed by atoms with E-state index in [4.69, 9.17) is 16.3 Å². The van der Waals surface area contributed by atoms with Gasteiger partial charge < -0.3 is 4.74 Å². The Labute approximate surface area is 111 Å². The maximum atomic E-state index is 5.85. The van der Waals surface area contributed by atoms with Crippen molar-refractivity contribution in [3.8, 4) is 5.75 Å². The van der Waals surface area contributed by atoms with Crippen molar-refractivity contribution < 1.29 is 4.74 Å².